The Bertz CT molecular complexity index is 445. The maximum absolute atomic E-state index is 11.7. The quantitative estimate of drug-likeness (QED) is 0.594. The van der Waals surface area contributed by atoms with Crippen molar-refractivity contribution in [3.63, 3.8) is 0 Å². The van der Waals surface area contributed by atoms with Crippen LogP contribution in [0.4, 0.5) is 0 Å². The number of ether oxygens (including phenoxy) is 1. The van der Waals surface area contributed by atoms with Crippen LogP contribution < -0.4 is 0 Å². The van der Waals surface area contributed by atoms with Crippen LogP contribution in [0.5, 0.6) is 0 Å². The number of rotatable bonds is 5. The number of hydrogen-bond donors (Lipinski definition) is 0. The van der Waals surface area contributed by atoms with Crippen LogP contribution in [-0.4, -0.2) is 22.4 Å². The van der Waals surface area contributed by atoms with Crippen LogP contribution in [0, 0.1) is 18.8 Å². The van der Waals surface area contributed by atoms with E-state index in [4.69, 9.17) is 4.74 Å². The number of carbonyl (C=O) groups excluding carboxylic acids is 1. The summed E-state index contributed by atoms with van der Waals surface area (Å²) in [6, 6.07) is 0. The average Bonchev–Trinajstić information content (AvgIpc) is 2.66. The van der Waals surface area contributed by atoms with Crippen LogP contribution in [0.2, 0.25) is 0 Å². The van der Waals surface area contributed by atoms with Crippen molar-refractivity contribution in [1.82, 2.24) is 9.78 Å². The molecule has 0 radical (unpaired) electrons. The molecule has 1 saturated carbocycles. The van der Waals surface area contributed by atoms with Crippen molar-refractivity contribution in [3.05, 3.63) is 30.1 Å². The van der Waals surface area contributed by atoms with E-state index >= 15 is 0 Å². The molecular formula is C14H20N2O2. The maximum atomic E-state index is 11.7. The molecule has 0 bridgehead atoms. The second-order valence-corrected chi connectivity index (χ2v) is 5.16. The molecule has 1 aromatic heterocycles. The summed E-state index contributed by atoms with van der Waals surface area (Å²) in [6.45, 7) is 8.85. The van der Waals surface area contributed by atoms with E-state index in [0.717, 1.165) is 18.2 Å². The fraction of sp³-hybridized carbons (Fsp3) is 0.571. The minimum atomic E-state index is -0.319. The molecule has 98 valence electrons. The molecule has 2 rings (SSSR count). The third kappa shape index (κ3) is 2.63. The van der Waals surface area contributed by atoms with E-state index in [1.165, 1.54) is 12.8 Å². The molecule has 18 heavy (non-hydrogen) atoms. The fourth-order valence-corrected chi connectivity index (χ4v) is 2.51. The lowest BCUT2D eigenvalue weighted by atomic mass is 9.76. The van der Waals surface area contributed by atoms with Crippen molar-refractivity contribution in [2.24, 2.45) is 11.8 Å². The summed E-state index contributed by atoms with van der Waals surface area (Å²) in [5, 5.41) is 4.28. The highest BCUT2D eigenvalue weighted by molar-refractivity contribution is 5.90. The molecule has 1 aliphatic rings. The number of carbonyl (C=O) groups is 1. The van der Waals surface area contributed by atoms with Crippen LogP contribution in [-0.2, 0) is 11.3 Å². The first-order valence-electron chi connectivity index (χ1n) is 6.42. The number of aromatic nitrogens is 2. The lowest BCUT2D eigenvalue weighted by Gasteiger charge is -2.32. The summed E-state index contributed by atoms with van der Waals surface area (Å²) >= 11 is 0. The van der Waals surface area contributed by atoms with Crippen molar-refractivity contribution in [1.29, 1.82) is 0 Å². The van der Waals surface area contributed by atoms with Crippen LogP contribution in [0.1, 0.15) is 35.8 Å². The Hall–Kier alpha value is -1.58. The molecule has 0 saturated heterocycles. The number of esters is 1. The van der Waals surface area contributed by atoms with E-state index in [0.29, 0.717) is 11.5 Å². The van der Waals surface area contributed by atoms with E-state index in [2.05, 4.69) is 18.6 Å². The van der Waals surface area contributed by atoms with Gasteiger partial charge in [0.05, 0.1) is 6.20 Å². The smallest absolute Gasteiger partial charge is 0.341 e. The van der Waals surface area contributed by atoms with Gasteiger partial charge in [0.15, 0.2) is 0 Å². The third-order valence-corrected chi connectivity index (χ3v) is 3.56. The van der Waals surface area contributed by atoms with Gasteiger partial charge in [0.1, 0.15) is 12.2 Å². The minimum Gasteiger partial charge on any atom is -0.458 e. The number of nitrogens with zero attached hydrogens (tertiary/aromatic N) is 2. The summed E-state index contributed by atoms with van der Waals surface area (Å²) < 4.78 is 6.94. The molecule has 0 N–H and O–H groups in total. The summed E-state index contributed by atoms with van der Waals surface area (Å²) in [6.07, 6.45) is 5.68. The van der Waals surface area contributed by atoms with Crippen molar-refractivity contribution in [2.75, 3.05) is 6.61 Å². The van der Waals surface area contributed by atoms with Gasteiger partial charge in [0, 0.05) is 12.2 Å². The summed E-state index contributed by atoms with van der Waals surface area (Å²) in [4.78, 5) is 11.7. The molecule has 0 spiro atoms. The van der Waals surface area contributed by atoms with E-state index in [1.807, 2.05) is 11.6 Å². The van der Waals surface area contributed by atoms with Gasteiger partial charge < -0.3 is 4.74 Å². The van der Waals surface area contributed by atoms with Crippen LogP contribution in [0.15, 0.2) is 18.9 Å². The van der Waals surface area contributed by atoms with Gasteiger partial charge in [-0.1, -0.05) is 19.6 Å². The fourth-order valence-electron chi connectivity index (χ4n) is 2.51. The zero-order valence-electron chi connectivity index (χ0n) is 11.1. The Balaban J connectivity index is 1.99. The van der Waals surface area contributed by atoms with E-state index < -0.39 is 0 Å². The van der Waals surface area contributed by atoms with Crippen LogP contribution >= 0.6 is 0 Å². The Morgan fingerprint density at radius 3 is 3.00 bits per heavy atom. The first kappa shape index (κ1) is 12.9. The SMILES string of the molecule is C=CCOC(=O)c1cnn(CC2CC(C)C2)c1C. The monoisotopic (exact) mass is 248 g/mol. The summed E-state index contributed by atoms with van der Waals surface area (Å²) in [5.74, 6) is 1.22. The zero-order valence-corrected chi connectivity index (χ0v) is 11.1. The van der Waals surface area contributed by atoms with Gasteiger partial charge in [-0.3, -0.25) is 4.68 Å². The van der Waals surface area contributed by atoms with E-state index in [1.54, 1.807) is 12.3 Å². The van der Waals surface area contributed by atoms with Gasteiger partial charge in [-0.2, -0.15) is 5.10 Å². The molecule has 1 heterocycles. The highest BCUT2D eigenvalue weighted by Gasteiger charge is 2.27. The first-order valence-corrected chi connectivity index (χ1v) is 6.42. The van der Waals surface area contributed by atoms with Crippen molar-refractivity contribution < 1.29 is 9.53 Å². The predicted octanol–water partition coefficient (Wildman–Crippen LogP) is 2.58. The predicted molar refractivity (Wildman–Crippen MR) is 69.3 cm³/mol. The average molecular weight is 248 g/mol. The third-order valence-electron chi connectivity index (χ3n) is 3.56. The van der Waals surface area contributed by atoms with Gasteiger partial charge in [0.2, 0.25) is 0 Å². The lowest BCUT2D eigenvalue weighted by Crippen LogP contribution is -2.26. The molecular weight excluding hydrogens is 228 g/mol. The van der Waals surface area contributed by atoms with Crippen LogP contribution in [0.25, 0.3) is 0 Å². The molecule has 1 aliphatic carbocycles. The van der Waals surface area contributed by atoms with E-state index in [-0.39, 0.29) is 12.6 Å². The molecule has 0 amide bonds. The molecule has 0 aromatic carbocycles. The van der Waals surface area contributed by atoms with E-state index in [9.17, 15) is 4.79 Å². The molecule has 1 aromatic rings. The van der Waals surface area contributed by atoms with Crippen LogP contribution in [0.3, 0.4) is 0 Å². The topological polar surface area (TPSA) is 44.1 Å². The normalized spacial score (nSPS) is 22.3. The van der Waals surface area contributed by atoms with Crippen molar-refractivity contribution in [2.45, 2.75) is 33.2 Å². The van der Waals surface area contributed by atoms with Gasteiger partial charge >= 0.3 is 5.97 Å². The summed E-state index contributed by atoms with van der Waals surface area (Å²) in [5.41, 5.74) is 1.45. The van der Waals surface area contributed by atoms with Gasteiger partial charge in [0.25, 0.3) is 0 Å². The van der Waals surface area contributed by atoms with Gasteiger partial charge in [-0.25, -0.2) is 4.79 Å². The van der Waals surface area contributed by atoms with Gasteiger partial charge in [-0.05, 0) is 31.6 Å². The standard InChI is InChI=1S/C14H20N2O2/c1-4-5-18-14(17)13-8-15-16(11(13)3)9-12-6-10(2)7-12/h4,8,10,12H,1,5-7,9H2,2-3H3. The highest BCUT2D eigenvalue weighted by atomic mass is 16.5. The zero-order chi connectivity index (χ0) is 13.1. The highest BCUT2D eigenvalue weighted by Crippen LogP contribution is 2.34. The first-order chi connectivity index (χ1) is 8.61. The second-order valence-electron chi connectivity index (χ2n) is 5.16. The molecule has 4 heteroatoms. The molecule has 1 fully saturated rings. The maximum Gasteiger partial charge on any atom is 0.341 e. The lowest BCUT2D eigenvalue weighted by molar-refractivity contribution is 0.0548. The minimum absolute atomic E-state index is 0.240. The Morgan fingerprint density at radius 2 is 2.39 bits per heavy atom. The Morgan fingerprint density at radius 1 is 1.67 bits per heavy atom. The molecule has 0 atom stereocenters. The van der Waals surface area contributed by atoms with Crippen molar-refractivity contribution in [3.8, 4) is 0 Å². The van der Waals surface area contributed by atoms with Gasteiger partial charge in [-0.15, -0.1) is 0 Å². The Kier molecular flexibility index (Phi) is 3.84. The molecule has 4 nitrogen and oxygen atoms in total. The molecule has 0 aliphatic heterocycles. The number of hydrogen-bond acceptors (Lipinski definition) is 3. The van der Waals surface area contributed by atoms with Crippen molar-refractivity contribution >= 4 is 5.97 Å². The summed E-state index contributed by atoms with van der Waals surface area (Å²) in [7, 11) is 0. The molecule has 0 unspecified atom stereocenters. The Labute approximate surface area is 108 Å². The second kappa shape index (κ2) is 5.38. The largest absolute Gasteiger partial charge is 0.458 e.